The molecule has 1 amide bonds. The predicted octanol–water partition coefficient (Wildman–Crippen LogP) is 3.13. The summed E-state index contributed by atoms with van der Waals surface area (Å²) in [5.41, 5.74) is 5.67. The van der Waals surface area contributed by atoms with Crippen molar-refractivity contribution in [3.8, 4) is 17.0 Å². The predicted molar refractivity (Wildman–Crippen MR) is 137 cm³/mol. The Kier molecular flexibility index (Phi) is 7.46. The molecule has 0 fully saturated rings. The van der Waals surface area contributed by atoms with Crippen LogP contribution in [0.25, 0.3) is 11.1 Å². The van der Waals surface area contributed by atoms with E-state index in [0.717, 1.165) is 47.2 Å². The average molecular weight is 512 g/mol. The molecule has 10 heteroatoms. The minimum Gasteiger partial charge on any atom is -0.481 e. The lowest BCUT2D eigenvalue weighted by Gasteiger charge is -2.20. The zero-order chi connectivity index (χ0) is 26.0. The Morgan fingerprint density at radius 2 is 2.00 bits per heavy atom. The summed E-state index contributed by atoms with van der Waals surface area (Å²) in [6.07, 6.45) is 4.41. The van der Waals surface area contributed by atoms with Crippen molar-refractivity contribution in [2.45, 2.75) is 57.1 Å². The molecule has 1 N–H and O–H groups in total. The molecule has 0 radical (unpaired) electrons. The van der Waals surface area contributed by atoms with Gasteiger partial charge in [0.15, 0.2) is 5.03 Å². The largest absolute Gasteiger partial charge is 0.481 e. The highest BCUT2D eigenvalue weighted by Crippen LogP contribution is 2.34. The Morgan fingerprint density at radius 1 is 1.22 bits per heavy atom. The summed E-state index contributed by atoms with van der Waals surface area (Å²) in [6, 6.07) is 9.27. The van der Waals surface area contributed by atoms with E-state index < -0.39 is 15.9 Å². The maximum Gasteiger partial charge on any atom is 0.283 e. The minimum atomic E-state index is -4.13. The standard InChI is InChI=1S/C26H33N5O4S/c1-6-31-23(17(2)30(3)4)16-26(28-31)36(33,34)29-24(32)15-22-20-9-7-8-18(20)10-11-21(22)19-12-13-27-25(14-19)35-5/h10-14,16-17H,6-9,15H2,1-5H3,(H,29,32). The third kappa shape index (κ3) is 5.15. The Balaban J connectivity index is 1.64. The number of hydrogen-bond acceptors (Lipinski definition) is 7. The van der Waals surface area contributed by atoms with Gasteiger partial charge in [-0.1, -0.05) is 12.1 Å². The third-order valence-electron chi connectivity index (χ3n) is 6.81. The molecule has 0 aliphatic heterocycles. The first-order valence-electron chi connectivity index (χ1n) is 12.1. The van der Waals surface area contributed by atoms with E-state index >= 15 is 0 Å². The molecule has 2 aromatic heterocycles. The van der Waals surface area contributed by atoms with E-state index in [1.54, 1.807) is 24.1 Å². The first-order valence-corrected chi connectivity index (χ1v) is 13.6. The van der Waals surface area contributed by atoms with Gasteiger partial charge >= 0.3 is 0 Å². The summed E-state index contributed by atoms with van der Waals surface area (Å²) in [5, 5.41) is 4.12. The van der Waals surface area contributed by atoms with Crippen LogP contribution in [0.1, 0.15) is 48.7 Å². The van der Waals surface area contributed by atoms with E-state index in [1.165, 1.54) is 5.56 Å². The van der Waals surface area contributed by atoms with Crippen molar-refractivity contribution in [2.24, 2.45) is 0 Å². The zero-order valence-electron chi connectivity index (χ0n) is 21.4. The lowest BCUT2D eigenvalue weighted by molar-refractivity contribution is -0.118. The number of benzene rings is 1. The van der Waals surface area contributed by atoms with Gasteiger partial charge in [0.2, 0.25) is 11.8 Å². The maximum absolute atomic E-state index is 13.1. The number of nitrogens with zero attached hydrogens (tertiary/aromatic N) is 4. The Bertz CT molecular complexity index is 1380. The highest BCUT2D eigenvalue weighted by atomic mass is 32.2. The van der Waals surface area contributed by atoms with E-state index in [-0.39, 0.29) is 17.5 Å². The van der Waals surface area contributed by atoms with E-state index in [1.807, 2.05) is 51.0 Å². The van der Waals surface area contributed by atoms with Crippen LogP contribution in [-0.2, 0) is 40.6 Å². The van der Waals surface area contributed by atoms with Gasteiger partial charge in [-0.15, -0.1) is 0 Å². The van der Waals surface area contributed by atoms with Crippen LogP contribution >= 0.6 is 0 Å². The molecule has 1 aliphatic rings. The number of rotatable bonds is 9. The number of aromatic nitrogens is 3. The Hall–Kier alpha value is -3.24. The summed E-state index contributed by atoms with van der Waals surface area (Å²) in [4.78, 5) is 19.3. The highest BCUT2D eigenvalue weighted by molar-refractivity contribution is 7.90. The molecule has 3 aromatic rings. The number of methoxy groups -OCH3 is 1. The number of sulfonamides is 1. The molecule has 192 valence electrons. The summed E-state index contributed by atoms with van der Waals surface area (Å²) in [7, 11) is 1.26. The smallest absolute Gasteiger partial charge is 0.283 e. The van der Waals surface area contributed by atoms with Gasteiger partial charge in [0, 0.05) is 30.9 Å². The van der Waals surface area contributed by atoms with E-state index in [0.29, 0.717) is 12.4 Å². The fraction of sp³-hybridized carbons (Fsp3) is 0.423. The number of carbonyl (C=O) groups is 1. The van der Waals surface area contributed by atoms with Gasteiger partial charge < -0.3 is 9.64 Å². The van der Waals surface area contributed by atoms with Crippen molar-refractivity contribution in [1.82, 2.24) is 24.4 Å². The molecule has 0 spiro atoms. The molecule has 1 aliphatic carbocycles. The van der Waals surface area contributed by atoms with Crippen LogP contribution in [0.15, 0.2) is 41.6 Å². The van der Waals surface area contributed by atoms with E-state index in [9.17, 15) is 13.2 Å². The van der Waals surface area contributed by atoms with Crippen molar-refractivity contribution in [3.05, 3.63) is 58.9 Å². The molecule has 2 heterocycles. The van der Waals surface area contributed by atoms with Crippen LogP contribution in [0.4, 0.5) is 0 Å². The fourth-order valence-corrected chi connectivity index (χ4v) is 5.65. The molecular formula is C26H33N5O4S. The first-order chi connectivity index (χ1) is 17.1. The number of fused-ring (bicyclic) bond motifs is 1. The number of carbonyl (C=O) groups excluding carboxylic acids is 1. The highest BCUT2D eigenvalue weighted by Gasteiger charge is 2.27. The molecule has 1 unspecified atom stereocenters. The zero-order valence-corrected chi connectivity index (χ0v) is 22.2. The number of nitrogens with one attached hydrogen (secondary N) is 1. The second kappa shape index (κ2) is 10.4. The van der Waals surface area contributed by atoms with Gasteiger partial charge in [0.05, 0.1) is 19.2 Å². The third-order valence-corrected chi connectivity index (χ3v) is 8.05. The van der Waals surface area contributed by atoms with Crippen molar-refractivity contribution in [2.75, 3.05) is 21.2 Å². The number of hydrogen-bond donors (Lipinski definition) is 1. The lowest BCUT2D eigenvalue weighted by atomic mass is 9.91. The van der Waals surface area contributed by atoms with Gasteiger partial charge in [0.1, 0.15) is 0 Å². The van der Waals surface area contributed by atoms with Crippen LogP contribution in [0, 0.1) is 0 Å². The number of pyridine rings is 1. The van der Waals surface area contributed by atoms with Crippen LogP contribution in [0.3, 0.4) is 0 Å². The molecule has 0 saturated carbocycles. The molecule has 9 nitrogen and oxygen atoms in total. The summed E-state index contributed by atoms with van der Waals surface area (Å²) in [5.74, 6) is -0.119. The van der Waals surface area contributed by atoms with Crippen molar-refractivity contribution in [1.29, 1.82) is 0 Å². The molecule has 1 aromatic carbocycles. The number of ether oxygens (including phenoxy) is 1. The van der Waals surface area contributed by atoms with Gasteiger partial charge in [0.25, 0.3) is 10.0 Å². The summed E-state index contributed by atoms with van der Waals surface area (Å²) in [6.45, 7) is 4.40. The van der Waals surface area contributed by atoms with Gasteiger partial charge in [-0.05, 0) is 81.1 Å². The molecule has 1 atom stereocenters. The fourth-order valence-electron chi connectivity index (χ4n) is 4.69. The molecule has 0 saturated heterocycles. The lowest BCUT2D eigenvalue weighted by Crippen LogP contribution is -2.32. The SMILES string of the molecule is CCn1nc(S(=O)(=O)NC(=O)Cc2c(-c3ccnc(OC)c3)ccc3c2CCC3)cc1C(C)N(C)C. The molecular weight excluding hydrogens is 478 g/mol. The molecule has 4 rings (SSSR count). The van der Waals surface area contributed by atoms with Crippen LogP contribution < -0.4 is 9.46 Å². The van der Waals surface area contributed by atoms with Gasteiger partial charge in [-0.25, -0.2) is 9.71 Å². The van der Waals surface area contributed by atoms with Crippen LogP contribution in [0.2, 0.25) is 0 Å². The van der Waals surface area contributed by atoms with Crippen LogP contribution in [-0.4, -0.2) is 55.2 Å². The topological polar surface area (TPSA) is 106 Å². The second-order valence-electron chi connectivity index (χ2n) is 9.24. The van der Waals surface area contributed by atoms with Gasteiger partial charge in [-0.2, -0.15) is 13.5 Å². The minimum absolute atomic E-state index is 0.0380. The summed E-state index contributed by atoms with van der Waals surface area (Å²) >= 11 is 0. The number of aryl methyl sites for hydroxylation is 2. The second-order valence-corrected chi connectivity index (χ2v) is 10.9. The van der Waals surface area contributed by atoms with Crippen molar-refractivity contribution >= 4 is 15.9 Å². The average Bonchev–Trinajstić information content (AvgIpc) is 3.51. The molecule has 36 heavy (non-hydrogen) atoms. The van der Waals surface area contributed by atoms with Crippen LogP contribution in [0.5, 0.6) is 5.88 Å². The quantitative estimate of drug-likeness (QED) is 0.470. The van der Waals surface area contributed by atoms with Crippen molar-refractivity contribution in [3.63, 3.8) is 0 Å². The van der Waals surface area contributed by atoms with Gasteiger partial charge in [-0.3, -0.25) is 9.48 Å². The normalized spacial score (nSPS) is 14.1. The Labute approximate surface area is 212 Å². The number of amides is 1. The maximum atomic E-state index is 13.1. The van der Waals surface area contributed by atoms with E-state index in [4.69, 9.17) is 4.74 Å². The monoisotopic (exact) mass is 511 g/mol. The molecule has 0 bridgehead atoms. The summed E-state index contributed by atoms with van der Waals surface area (Å²) < 4.78 is 35.4. The first kappa shape index (κ1) is 25.8. The van der Waals surface area contributed by atoms with E-state index in [2.05, 4.69) is 20.9 Å². The Morgan fingerprint density at radius 3 is 2.69 bits per heavy atom. The van der Waals surface area contributed by atoms with Crippen molar-refractivity contribution < 1.29 is 17.9 Å².